The molecule has 0 saturated heterocycles. The lowest BCUT2D eigenvalue weighted by Gasteiger charge is -2.13. The minimum absolute atomic E-state index is 0.516. The van der Waals surface area contributed by atoms with Gasteiger partial charge in [-0.25, -0.2) is 4.79 Å². The molecule has 1 atom stereocenters. The zero-order chi connectivity index (χ0) is 16.8. The Morgan fingerprint density at radius 1 is 0.913 bits per heavy atom. The van der Waals surface area contributed by atoms with Crippen molar-refractivity contribution >= 4 is 5.97 Å². The lowest BCUT2D eigenvalue weighted by Crippen LogP contribution is -2.16. The van der Waals surface area contributed by atoms with Crippen molar-refractivity contribution in [3.63, 3.8) is 0 Å². The van der Waals surface area contributed by atoms with E-state index in [1.165, 1.54) is 51.4 Å². The number of carboxylic acids is 1. The first-order valence-corrected chi connectivity index (χ1v) is 9.15. The average Bonchev–Trinajstić information content (AvgIpc) is 2.56. The molecule has 0 bridgehead atoms. The molecule has 1 unspecified atom stereocenters. The molecule has 0 aliphatic carbocycles. The van der Waals surface area contributed by atoms with Gasteiger partial charge in [-0.3, -0.25) is 0 Å². The first-order chi connectivity index (χ1) is 11.3. The summed E-state index contributed by atoms with van der Waals surface area (Å²) in [6.07, 6.45) is 11.8. The van der Waals surface area contributed by atoms with Crippen LogP contribution >= 0.6 is 0 Å². The van der Waals surface area contributed by atoms with Crippen molar-refractivity contribution in [2.24, 2.45) is 0 Å². The highest BCUT2D eigenvalue weighted by Crippen LogP contribution is 2.18. The largest absolute Gasteiger partial charge is 0.479 e. The number of aliphatic carboxylic acids is 1. The van der Waals surface area contributed by atoms with Crippen molar-refractivity contribution in [3.05, 3.63) is 35.9 Å². The van der Waals surface area contributed by atoms with Gasteiger partial charge in [0, 0.05) is 6.61 Å². The summed E-state index contributed by atoms with van der Waals surface area (Å²) >= 11 is 0. The zero-order valence-corrected chi connectivity index (χ0v) is 14.5. The van der Waals surface area contributed by atoms with Crippen LogP contribution in [0.2, 0.25) is 0 Å². The highest BCUT2D eigenvalue weighted by atomic mass is 16.5. The van der Waals surface area contributed by atoms with E-state index in [0.29, 0.717) is 12.2 Å². The molecular weight excluding hydrogens is 288 g/mol. The predicted molar refractivity (Wildman–Crippen MR) is 94.6 cm³/mol. The van der Waals surface area contributed by atoms with Crippen molar-refractivity contribution in [2.75, 3.05) is 6.61 Å². The summed E-state index contributed by atoms with van der Waals surface area (Å²) in [7, 11) is 0. The van der Waals surface area contributed by atoms with Gasteiger partial charge >= 0.3 is 5.97 Å². The van der Waals surface area contributed by atoms with E-state index in [9.17, 15) is 9.90 Å². The Hall–Kier alpha value is -1.35. The van der Waals surface area contributed by atoms with Gasteiger partial charge in [0.2, 0.25) is 0 Å². The Morgan fingerprint density at radius 3 is 1.96 bits per heavy atom. The van der Waals surface area contributed by atoms with Crippen LogP contribution in [-0.2, 0) is 9.53 Å². The summed E-state index contributed by atoms with van der Waals surface area (Å²) in [5.41, 5.74) is 0.715. The number of carbonyl (C=O) groups is 1. The van der Waals surface area contributed by atoms with Gasteiger partial charge in [-0.15, -0.1) is 0 Å². The number of unbranched alkanes of at least 4 members (excludes halogenated alkanes) is 9. The van der Waals surface area contributed by atoms with Crippen molar-refractivity contribution in [1.29, 1.82) is 0 Å². The highest BCUT2D eigenvalue weighted by molar-refractivity contribution is 5.74. The number of ether oxygens (including phenoxy) is 1. The monoisotopic (exact) mass is 320 g/mol. The third-order valence-corrected chi connectivity index (χ3v) is 4.11. The molecular formula is C20H32O3. The second kappa shape index (κ2) is 13.1. The van der Waals surface area contributed by atoms with Crippen molar-refractivity contribution < 1.29 is 14.6 Å². The van der Waals surface area contributed by atoms with Crippen LogP contribution in [-0.4, -0.2) is 17.7 Å². The first kappa shape index (κ1) is 19.7. The average molecular weight is 320 g/mol. The van der Waals surface area contributed by atoms with Crippen molar-refractivity contribution in [2.45, 2.75) is 77.2 Å². The quantitative estimate of drug-likeness (QED) is 0.444. The van der Waals surface area contributed by atoms with Crippen molar-refractivity contribution in [1.82, 2.24) is 0 Å². The zero-order valence-electron chi connectivity index (χ0n) is 14.5. The number of rotatable bonds is 14. The molecule has 3 heteroatoms. The van der Waals surface area contributed by atoms with Crippen LogP contribution in [0.1, 0.15) is 82.8 Å². The maximum atomic E-state index is 11.3. The molecule has 0 radical (unpaired) electrons. The standard InChI is InChI=1S/C20H32O3/c1-2-3-4-5-6-7-8-9-10-14-17-23-19(20(21)22)18-15-12-11-13-16-18/h11-13,15-16,19H,2-10,14,17H2,1H3,(H,21,22). The van der Waals surface area contributed by atoms with E-state index in [1.807, 2.05) is 18.2 Å². The third kappa shape index (κ3) is 9.39. The molecule has 0 spiro atoms. The lowest BCUT2D eigenvalue weighted by atomic mass is 10.1. The van der Waals surface area contributed by atoms with E-state index in [-0.39, 0.29) is 0 Å². The number of carboxylic acid groups (broad SMARTS) is 1. The van der Waals surface area contributed by atoms with Crippen LogP contribution in [0.4, 0.5) is 0 Å². The van der Waals surface area contributed by atoms with Crippen LogP contribution in [0.3, 0.4) is 0 Å². The second-order valence-corrected chi connectivity index (χ2v) is 6.18. The van der Waals surface area contributed by atoms with Crippen LogP contribution in [0, 0.1) is 0 Å². The molecule has 0 aromatic heterocycles. The number of benzene rings is 1. The van der Waals surface area contributed by atoms with Gasteiger partial charge in [-0.05, 0) is 12.0 Å². The molecule has 1 aromatic carbocycles. The predicted octanol–water partition coefficient (Wildman–Crippen LogP) is 5.75. The Labute approximate surface area is 141 Å². The number of hydrogen-bond donors (Lipinski definition) is 1. The normalized spacial score (nSPS) is 12.2. The molecule has 1 rings (SSSR count). The van der Waals surface area contributed by atoms with E-state index in [1.54, 1.807) is 12.1 Å². The fraction of sp³-hybridized carbons (Fsp3) is 0.650. The highest BCUT2D eigenvalue weighted by Gasteiger charge is 2.19. The summed E-state index contributed by atoms with van der Waals surface area (Å²) in [6, 6.07) is 9.17. The Morgan fingerprint density at radius 2 is 1.43 bits per heavy atom. The first-order valence-electron chi connectivity index (χ1n) is 9.15. The van der Waals surface area contributed by atoms with Crippen molar-refractivity contribution in [3.8, 4) is 0 Å². The summed E-state index contributed by atoms with van der Waals surface area (Å²) in [6.45, 7) is 2.76. The minimum Gasteiger partial charge on any atom is -0.479 e. The molecule has 0 fully saturated rings. The fourth-order valence-corrected chi connectivity index (χ4v) is 2.73. The summed E-state index contributed by atoms with van der Waals surface area (Å²) < 4.78 is 5.56. The molecule has 0 heterocycles. The van der Waals surface area contributed by atoms with Gasteiger partial charge < -0.3 is 9.84 Å². The summed E-state index contributed by atoms with van der Waals surface area (Å²) in [5, 5.41) is 9.26. The Kier molecular flexibility index (Phi) is 11.2. The van der Waals surface area contributed by atoms with Crippen LogP contribution < -0.4 is 0 Å². The third-order valence-electron chi connectivity index (χ3n) is 4.11. The van der Waals surface area contributed by atoms with Gasteiger partial charge in [0.1, 0.15) is 0 Å². The van der Waals surface area contributed by atoms with Gasteiger partial charge in [-0.1, -0.05) is 95.0 Å². The maximum absolute atomic E-state index is 11.3. The van der Waals surface area contributed by atoms with Crippen LogP contribution in [0.15, 0.2) is 30.3 Å². The SMILES string of the molecule is CCCCCCCCCCCCOC(C(=O)O)c1ccccc1. The topological polar surface area (TPSA) is 46.5 Å². The molecule has 0 aliphatic heterocycles. The van der Waals surface area contributed by atoms with Gasteiger partial charge in [0.05, 0.1) is 0 Å². The molecule has 1 aromatic rings. The Balaban J connectivity index is 2.04. The van der Waals surface area contributed by atoms with Crippen LogP contribution in [0.25, 0.3) is 0 Å². The van der Waals surface area contributed by atoms with E-state index >= 15 is 0 Å². The van der Waals surface area contributed by atoms with Gasteiger partial charge in [0.15, 0.2) is 6.10 Å². The van der Waals surface area contributed by atoms with Gasteiger partial charge in [0.25, 0.3) is 0 Å². The van der Waals surface area contributed by atoms with E-state index < -0.39 is 12.1 Å². The van der Waals surface area contributed by atoms with Gasteiger partial charge in [-0.2, -0.15) is 0 Å². The van der Waals surface area contributed by atoms with E-state index in [0.717, 1.165) is 12.8 Å². The molecule has 23 heavy (non-hydrogen) atoms. The summed E-state index contributed by atoms with van der Waals surface area (Å²) in [5.74, 6) is -0.914. The molecule has 1 N–H and O–H groups in total. The summed E-state index contributed by atoms with van der Waals surface area (Å²) in [4.78, 5) is 11.3. The smallest absolute Gasteiger partial charge is 0.337 e. The molecule has 0 saturated carbocycles. The minimum atomic E-state index is -0.914. The van der Waals surface area contributed by atoms with E-state index in [4.69, 9.17) is 4.74 Å². The molecule has 130 valence electrons. The lowest BCUT2D eigenvalue weighted by molar-refractivity contribution is -0.151. The van der Waals surface area contributed by atoms with Crippen LogP contribution in [0.5, 0.6) is 0 Å². The Bertz CT molecular complexity index is 403. The molecule has 0 amide bonds. The maximum Gasteiger partial charge on any atom is 0.337 e. The molecule has 3 nitrogen and oxygen atoms in total. The second-order valence-electron chi connectivity index (χ2n) is 6.18. The molecule has 0 aliphatic rings. The number of hydrogen-bond acceptors (Lipinski definition) is 2. The fourth-order valence-electron chi connectivity index (χ4n) is 2.73. The van der Waals surface area contributed by atoms with E-state index in [2.05, 4.69) is 6.92 Å².